The summed E-state index contributed by atoms with van der Waals surface area (Å²) < 4.78 is 0. The Balaban J connectivity index is 2.33. The van der Waals surface area contributed by atoms with Crippen LogP contribution in [0.15, 0.2) is 0 Å². The first kappa shape index (κ1) is 5.10. The molecule has 1 rings (SSSR count). The van der Waals surface area contributed by atoms with Crippen LogP contribution in [0.2, 0.25) is 0 Å². The van der Waals surface area contributed by atoms with Crippen LogP contribution in [0.4, 0.5) is 0 Å². The van der Waals surface area contributed by atoms with Gasteiger partial charge >= 0.3 is 0 Å². The summed E-state index contributed by atoms with van der Waals surface area (Å²) in [5, 5.41) is 0. The van der Waals surface area contributed by atoms with E-state index in [0.29, 0.717) is 6.04 Å². The Bertz CT molecular complexity index is 53.2. The minimum atomic E-state index is 0.514. The summed E-state index contributed by atoms with van der Waals surface area (Å²) in [6.45, 7) is 2.23. The van der Waals surface area contributed by atoms with Gasteiger partial charge in [-0.3, -0.25) is 0 Å². The normalized spacial score (nSPS) is 42.0. The molecule has 2 N–H and O–H groups in total. The smallest absolute Gasteiger partial charge is 0.00645 e. The van der Waals surface area contributed by atoms with E-state index in [-0.39, 0.29) is 0 Å². The van der Waals surface area contributed by atoms with Gasteiger partial charge in [-0.25, -0.2) is 0 Å². The van der Waals surface area contributed by atoms with Crippen molar-refractivity contribution in [2.45, 2.75) is 32.2 Å². The molecule has 42 valence electrons. The van der Waals surface area contributed by atoms with Gasteiger partial charge in [-0.1, -0.05) is 13.3 Å². The van der Waals surface area contributed by atoms with Gasteiger partial charge in [-0.05, 0) is 18.8 Å². The zero-order valence-corrected chi connectivity index (χ0v) is 4.85. The predicted octanol–water partition coefficient (Wildman–Crippen LogP) is 1.13. The molecule has 0 aromatic rings. The molecule has 0 amide bonds. The average molecular weight is 99.2 g/mol. The van der Waals surface area contributed by atoms with Crippen LogP contribution in [0.3, 0.4) is 0 Å². The van der Waals surface area contributed by atoms with E-state index in [2.05, 4.69) is 6.92 Å². The first-order valence-corrected chi connectivity index (χ1v) is 3.06. The van der Waals surface area contributed by atoms with Gasteiger partial charge in [-0.2, -0.15) is 0 Å². The van der Waals surface area contributed by atoms with E-state index in [9.17, 15) is 0 Å². The zero-order chi connectivity index (χ0) is 5.28. The van der Waals surface area contributed by atoms with Crippen molar-refractivity contribution in [3.63, 3.8) is 0 Å². The summed E-state index contributed by atoms with van der Waals surface area (Å²) in [5.41, 5.74) is 5.68. The molecule has 2 atom stereocenters. The molecular weight excluding hydrogens is 86.1 g/mol. The third-order valence-electron chi connectivity index (χ3n) is 1.93. The standard InChI is InChI=1S/C6H13N/c1-5-3-2-4-6(5)7/h5-6H,2-4,7H2,1H3/t5-,6?/m1/s1. The van der Waals surface area contributed by atoms with Crippen LogP contribution >= 0.6 is 0 Å². The van der Waals surface area contributed by atoms with E-state index in [1.165, 1.54) is 19.3 Å². The fourth-order valence-corrected chi connectivity index (χ4v) is 1.17. The van der Waals surface area contributed by atoms with Crippen LogP contribution in [-0.4, -0.2) is 6.04 Å². The number of hydrogen-bond donors (Lipinski definition) is 1. The Kier molecular flexibility index (Phi) is 1.33. The van der Waals surface area contributed by atoms with E-state index >= 15 is 0 Å². The van der Waals surface area contributed by atoms with Crippen molar-refractivity contribution in [1.29, 1.82) is 0 Å². The molecule has 1 aliphatic rings. The minimum Gasteiger partial charge on any atom is -0.327 e. The SMILES string of the molecule is C[C@@H]1CCCC1N. The minimum absolute atomic E-state index is 0.514. The van der Waals surface area contributed by atoms with Crippen molar-refractivity contribution in [3.05, 3.63) is 0 Å². The van der Waals surface area contributed by atoms with Crippen LogP contribution in [-0.2, 0) is 0 Å². The van der Waals surface area contributed by atoms with Gasteiger partial charge in [0.25, 0.3) is 0 Å². The average Bonchev–Trinajstić information content (AvgIpc) is 1.91. The second-order valence-electron chi connectivity index (χ2n) is 2.57. The molecule has 1 aliphatic carbocycles. The maximum Gasteiger partial charge on any atom is 0.00645 e. The lowest BCUT2D eigenvalue weighted by molar-refractivity contribution is 0.527. The van der Waals surface area contributed by atoms with Crippen molar-refractivity contribution in [3.8, 4) is 0 Å². The van der Waals surface area contributed by atoms with E-state index in [4.69, 9.17) is 5.73 Å². The van der Waals surface area contributed by atoms with Crippen LogP contribution in [0.5, 0.6) is 0 Å². The van der Waals surface area contributed by atoms with Gasteiger partial charge < -0.3 is 5.73 Å². The Morgan fingerprint density at radius 2 is 2.14 bits per heavy atom. The van der Waals surface area contributed by atoms with Gasteiger partial charge in [0.2, 0.25) is 0 Å². The molecule has 0 aromatic heterocycles. The third-order valence-corrected chi connectivity index (χ3v) is 1.93. The molecule has 1 unspecified atom stereocenters. The molecule has 0 saturated heterocycles. The third kappa shape index (κ3) is 0.942. The Hall–Kier alpha value is -0.0400. The first-order valence-electron chi connectivity index (χ1n) is 3.06. The fraction of sp³-hybridized carbons (Fsp3) is 1.00. The summed E-state index contributed by atoms with van der Waals surface area (Å²) >= 11 is 0. The van der Waals surface area contributed by atoms with Gasteiger partial charge in [0.05, 0.1) is 0 Å². The number of rotatable bonds is 0. The maximum absolute atomic E-state index is 5.68. The van der Waals surface area contributed by atoms with Crippen LogP contribution in [0.1, 0.15) is 26.2 Å². The lowest BCUT2D eigenvalue weighted by Gasteiger charge is -2.05. The van der Waals surface area contributed by atoms with Crippen LogP contribution < -0.4 is 5.73 Å². The molecule has 0 bridgehead atoms. The van der Waals surface area contributed by atoms with E-state index < -0.39 is 0 Å². The molecule has 0 aromatic carbocycles. The van der Waals surface area contributed by atoms with Crippen molar-refractivity contribution in [2.75, 3.05) is 0 Å². The highest BCUT2D eigenvalue weighted by molar-refractivity contribution is 4.75. The Morgan fingerprint density at radius 3 is 2.29 bits per heavy atom. The Morgan fingerprint density at radius 1 is 1.43 bits per heavy atom. The summed E-state index contributed by atoms with van der Waals surface area (Å²) in [4.78, 5) is 0. The summed E-state index contributed by atoms with van der Waals surface area (Å²) in [5.74, 6) is 0.792. The predicted molar refractivity (Wildman–Crippen MR) is 31.0 cm³/mol. The highest BCUT2D eigenvalue weighted by Crippen LogP contribution is 2.22. The van der Waals surface area contributed by atoms with Crippen molar-refractivity contribution < 1.29 is 0 Å². The monoisotopic (exact) mass is 99.1 g/mol. The van der Waals surface area contributed by atoms with Gasteiger partial charge in [-0.15, -0.1) is 0 Å². The van der Waals surface area contributed by atoms with Gasteiger partial charge in [0.15, 0.2) is 0 Å². The summed E-state index contributed by atoms with van der Waals surface area (Å²) in [6.07, 6.45) is 3.95. The molecule has 0 spiro atoms. The molecule has 1 fully saturated rings. The fourth-order valence-electron chi connectivity index (χ4n) is 1.17. The number of nitrogens with two attached hydrogens (primary N) is 1. The zero-order valence-electron chi connectivity index (χ0n) is 4.85. The molecule has 0 radical (unpaired) electrons. The highest BCUT2D eigenvalue weighted by Gasteiger charge is 2.18. The van der Waals surface area contributed by atoms with E-state index in [0.717, 1.165) is 5.92 Å². The first-order chi connectivity index (χ1) is 3.30. The number of hydrogen-bond acceptors (Lipinski definition) is 1. The second kappa shape index (κ2) is 1.83. The molecule has 7 heavy (non-hydrogen) atoms. The van der Waals surface area contributed by atoms with E-state index in [1.807, 2.05) is 0 Å². The molecular formula is C6H13N. The van der Waals surface area contributed by atoms with Crippen molar-refractivity contribution >= 4 is 0 Å². The largest absolute Gasteiger partial charge is 0.327 e. The topological polar surface area (TPSA) is 26.0 Å². The van der Waals surface area contributed by atoms with Crippen molar-refractivity contribution in [1.82, 2.24) is 0 Å². The highest BCUT2D eigenvalue weighted by atomic mass is 14.7. The molecule has 1 nitrogen and oxygen atoms in total. The van der Waals surface area contributed by atoms with E-state index in [1.54, 1.807) is 0 Å². The maximum atomic E-state index is 5.68. The van der Waals surface area contributed by atoms with Crippen LogP contribution in [0, 0.1) is 5.92 Å². The second-order valence-corrected chi connectivity index (χ2v) is 2.57. The lowest BCUT2D eigenvalue weighted by atomic mass is 10.1. The van der Waals surface area contributed by atoms with Gasteiger partial charge in [0.1, 0.15) is 0 Å². The van der Waals surface area contributed by atoms with Gasteiger partial charge in [0, 0.05) is 6.04 Å². The van der Waals surface area contributed by atoms with Crippen molar-refractivity contribution in [2.24, 2.45) is 11.7 Å². The molecule has 1 saturated carbocycles. The summed E-state index contributed by atoms with van der Waals surface area (Å²) in [6, 6.07) is 0.514. The Labute approximate surface area is 44.9 Å². The quantitative estimate of drug-likeness (QED) is 0.484. The lowest BCUT2D eigenvalue weighted by Crippen LogP contribution is -2.21. The molecule has 0 aliphatic heterocycles. The molecule has 1 heteroatoms. The van der Waals surface area contributed by atoms with Crippen LogP contribution in [0.25, 0.3) is 0 Å². The summed E-state index contributed by atoms with van der Waals surface area (Å²) in [7, 11) is 0. The molecule has 0 heterocycles.